The zero-order valence-corrected chi connectivity index (χ0v) is 23.2. The number of methoxy groups -OCH3 is 1. The number of nitro groups is 1. The van der Waals surface area contributed by atoms with Gasteiger partial charge in [0, 0.05) is 40.3 Å². The van der Waals surface area contributed by atoms with E-state index in [0.29, 0.717) is 5.02 Å². The molecule has 5 rings (SSSR count). The molecular weight excluding hydrogens is 548 g/mol. The van der Waals surface area contributed by atoms with Crippen LogP contribution >= 0.6 is 23.4 Å². The standard InChI is InChI=1S/C31H25ClN2O5S/c1-39-30(36)31(18-21-8-2-3-9-22(21)19-31)33(29(35)26-11-5-6-12-27(26)34(37)38)20-23-10-4-7-13-28(23)40-25-16-14-24(32)15-17-25/h2-17H,18-20H2,1H3. The highest BCUT2D eigenvalue weighted by molar-refractivity contribution is 7.99. The van der Waals surface area contributed by atoms with Gasteiger partial charge in [-0.25, -0.2) is 4.79 Å². The number of benzene rings is 4. The number of hydrogen-bond donors (Lipinski definition) is 0. The molecule has 1 aliphatic carbocycles. The average Bonchev–Trinajstić information content (AvgIpc) is 3.37. The number of para-hydroxylation sites is 1. The fourth-order valence-corrected chi connectivity index (χ4v) is 6.20. The summed E-state index contributed by atoms with van der Waals surface area (Å²) < 4.78 is 5.30. The van der Waals surface area contributed by atoms with Gasteiger partial charge in [-0.05, 0) is 53.1 Å². The normalized spacial score (nSPS) is 13.3. The van der Waals surface area contributed by atoms with E-state index in [1.54, 1.807) is 18.2 Å². The van der Waals surface area contributed by atoms with E-state index >= 15 is 0 Å². The molecule has 0 bridgehead atoms. The number of carbonyl (C=O) groups excluding carboxylic acids is 2. The fraction of sp³-hybridized carbons (Fsp3) is 0.161. The number of rotatable bonds is 8. The lowest BCUT2D eigenvalue weighted by Crippen LogP contribution is -2.58. The summed E-state index contributed by atoms with van der Waals surface area (Å²) in [7, 11) is 1.30. The van der Waals surface area contributed by atoms with Gasteiger partial charge in [-0.1, -0.05) is 78.0 Å². The molecule has 4 aromatic rings. The predicted molar refractivity (Wildman–Crippen MR) is 154 cm³/mol. The van der Waals surface area contributed by atoms with Crippen LogP contribution in [0.5, 0.6) is 0 Å². The predicted octanol–water partition coefficient (Wildman–Crippen LogP) is 6.75. The van der Waals surface area contributed by atoms with Crippen LogP contribution in [0.15, 0.2) is 107 Å². The minimum absolute atomic E-state index is 0.0325. The first-order valence-electron chi connectivity index (χ1n) is 12.5. The van der Waals surface area contributed by atoms with E-state index in [1.165, 1.54) is 42.0 Å². The van der Waals surface area contributed by atoms with E-state index in [2.05, 4.69) is 0 Å². The van der Waals surface area contributed by atoms with Gasteiger partial charge in [0.1, 0.15) is 11.1 Å². The summed E-state index contributed by atoms with van der Waals surface area (Å²) in [5.74, 6) is -1.18. The maximum absolute atomic E-state index is 14.3. The van der Waals surface area contributed by atoms with Crippen molar-refractivity contribution in [2.45, 2.75) is 34.7 Å². The van der Waals surface area contributed by atoms with Gasteiger partial charge in [0.15, 0.2) is 0 Å². The number of amides is 1. The zero-order chi connectivity index (χ0) is 28.3. The maximum Gasteiger partial charge on any atom is 0.332 e. The Kier molecular flexibility index (Phi) is 7.91. The van der Waals surface area contributed by atoms with Crippen LogP contribution in [0.3, 0.4) is 0 Å². The third kappa shape index (κ3) is 5.33. The van der Waals surface area contributed by atoms with Gasteiger partial charge < -0.3 is 9.64 Å². The summed E-state index contributed by atoms with van der Waals surface area (Å²) >= 11 is 7.57. The summed E-state index contributed by atoms with van der Waals surface area (Å²) in [6, 6.07) is 28.5. The third-order valence-corrected chi connectivity index (χ3v) is 8.46. The molecule has 0 saturated carbocycles. The Hall–Kier alpha value is -4.14. The lowest BCUT2D eigenvalue weighted by molar-refractivity contribution is -0.385. The smallest absolute Gasteiger partial charge is 0.332 e. The fourth-order valence-electron chi connectivity index (χ4n) is 5.14. The van der Waals surface area contributed by atoms with Crippen LogP contribution in [0.4, 0.5) is 5.69 Å². The first-order valence-corrected chi connectivity index (χ1v) is 13.7. The number of halogens is 1. The number of fused-ring (bicyclic) bond motifs is 1. The number of ether oxygens (including phenoxy) is 1. The summed E-state index contributed by atoms with van der Waals surface area (Å²) in [4.78, 5) is 42.6. The summed E-state index contributed by atoms with van der Waals surface area (Å²) in [5, 5.41) is 12.5. The number of nitrogens with zero attached hydrogens (tertiary/aromatic N) is 2. The van der Waals surface area contributed by atoms with Crippen molar-refractivity contribution in [2.75, 3.05) is 7.11 Å². The van der Waals surface area contributed by atoms with Crippen molar-refractivity contribution in [1.82, 2.24) is 4.90 Å². The number of nitro benzene ring substituents is 1. The topological polar surface area (TPSA) is 89.8 Å². The average molecular weight is 573 g/mol. The van der Waals surface area contributed by atoms with Gasteiger partial charge in [0.05, 0.1) is 12.0 Å². The molecule has 0 aliphatic heterocycles. The molecule has 0 atom stereocenters. The quantitative estimate of drug-likeness (QED) is 0.132. The van der Waals surface area contributed by atoms with Crippen molar-refractivity contribution >= 4 is 40.9 Å². The van der Waals surface area contributed by atoms with Crippen molar-refractivity contribution in [3.8, 4) is 0 Å². The second-order valence-corrected chi connectivity index (χ2v) is 11.0. The van der Waals surface area contributed by atoms with Gasteiger partial charge in [-0.15, -0.1) is 0 Å². The molecule has 0 unspecified atom stereocenters. The lowest BCUT2D eigenvalue weighted by atomic mass is 9.91. The third-order valence-electron chi connectivity index (χ3n) is 7.09. The van der Waals surface area contributed by atoms with Crippen molar-refractivity contribution in [1.29, 1.82) is 0 Å². The molecule has 0 saturated heterocycles. The maximum atomic E-state index is 14.3. The largest absolute Gasteiger partial charge is 0.467 e. The van der Waals surface area contributed by atoms with Crippen molar-refractivity contribution in [3.05, 3.63) is 134 Å². The second kappa shape index (κ2) is 11.5. The Labute approximate surface area is 240 Å². The van der Waals surface area contributed by atoms with E-state index in [0.717, 1.165) is 26.5 Å². The van der Waals surface area contributed by atoms with Crippen LogP contribution in [-0.2, 0) is 28.9 Å². The molecule has 0 fully saturated rings. The molecular formula is C31H25ClN2O5S. The van der Waals surface area contributed by atoms with Gasteiger partial charge in [0.25, 0.3) is 11.6 Å². The van der Waals surface area contributed by atoms with E-state index in [9.17, 15) is 19.7 Å². The van der Waals surface area contributed by atoms with E-state index in [-0.39, 0.29) is 30.6 Å². The molecule has 40 heavy (non-hydrogen) atoms. The van der Waals surface area contributed by atoms with Gasteiger partial charge in [-0.2, -0.15) is 0 Å². The van der Waals surface area contributed by atoms with Crippen molar-refractivity contribution in [3.63, 3.8) is 0 Å². The summed E-state index contributed by atoms with van der Waals surface area (Å²) in [5.41, 5.74) is 0.839. The SMILES string of the molecule is COC(=O)C1(N(Cc2ccccc2Sc2ccc(Cl)cc2)C(=O)c2ccccc2[N+](=O)[O-])Cc2ccccc2C1. The molecule has 7 nitrogen and oxygen atoms in total. The Morgan fingerprint density at radius 3 is 2.17 bits per heavy atom. The van der Waals surface area contributed by atoms with Crippen molar-refractivity contribution < 1.29 is 19.2 Å². The first-order chi connectivity index (χ1) is 19.3. The molecule has 1 amide bonds. The zero-order valence-electron chi connectivity index (χ0n) is 21.6. The summed E-state index contributed by atoms with van der Waals surface area (Å²) in [6.45, 7) is 0.0325. The Morgan fingerprint density at radius 1 is 0.925 bits per heavy atom. The highest BCUT2D eigenvalue weighted by atomic mass is 35.5. The minimum atomic E-state index is -1.39. The molecule has 9 heteroatoms. The Bertz CT molecular complexity index is 1570. The molecule has 4 aromatic carbocycles. The molecule has 0 spiro atoms. The number of hydrogen-bond acceptors (Lipinski definition) is 6. The Morgan fingerprint density at radius 2 is 1.52 bits per heavy atom. The van der Waals surface area contributed by atoms with E-state index < -0.39 is 22.3 Å². The minimum Gasteiger partial charge on any atom is -0.467 e. The molecule has 202 valence electrons. The molecule has 1 aliphatic rings. The molecule has 0 aromatic heterocycles. The lowest BCUT2D eigenvalue weighted by Gasteiger charge is -2.39. The number of esters is 1. The Balaban J connectivity index is 1.63. The summed E-state index contributed by atoms with van der Waals surface area (Å²) in [6.07, 6.45) is 0.462. The van der Waals surface area contributed by atoms with E-state index in [1.807, 2.05) is 60.7 Å². The highest BCUT2D eigenvalue weighted by Crippen LogP contribution is 2.40. The van der Waals surface area contributed by atoms with Crippen LogP contribution < -0.4 is 0 Å². The number of carbonyl (C=O) groups is 2. The van der Waals surface area contributed by atoms with Crippen LogP contribution in [-0.4, -0.2) is 34.3 Å². The second-order valence-electron chi connectivity index (χ2n) is 9.47. The van der Waals surface area contributed by atoms with Crippen molar-refractivity contribution in [2.24, 2.45) is 0 Å². The molecule has 0 N–H and O–H groups in total. The van der Waals surface area contributed by atoms with Crippen LogP contribution in [0.25, 0.3) is 0 Å². The van der Waals surface area contributed by atoms with Crippen LogP contribution in [0.2, 0.25) is 5.02 Å². The van der Waals surface area contributed by atoms with Crippen LogP contribution in [0, 0.1) is 10.1 Å². The van der Waals surface area contributed by atoms with Gasteiger partial charge >= 0.3 is 5.97 Å². The first kappa shape index (κ1) is 27.4. The van der Waals surface area contributed by atoms with Gasteiger partial charge in [0.2, 0.25) is 0 Å². The monoisotopic (exact) mass is 572 g/mol. The van der Waals surface area contributed by atoms with Gasteiger partial charge in [-0.3, -0.25) is 14.9 Å². The van der Waals surface area contributed by atoms with Crippen LogP contribution in [0.1, 0.15) is 27.0 Å². The molecule has 0 heterocycles. The highest BCUT2D eigenvalue weighted by Gasteiger charge is 2.52. The van der Waals surface area contributed by atoms with E-state index in [4.69, 9.17) is 16.3 Å². The molecule has 0 radical (unpaired) electrons.